The summed E-state index contributed by atoms with van der Waals surface area (Å²) in [6, 6.07) is 4.19. The number of guanidine groups is 1. The van der Waals surface area contributed by atoms with Crippen LogP contribution in [0, 0.1) is 6.92 Å². The summed E-state index contributed by atoms with van der Waals surface area (Å²) in [5, 5.41) is 6.68. The van der Waals surface area contributed by atoms with Crippen molar-refractivity contribution in [3.63, 3.8) is 0 Å². The van der Waals surface area contributed by atoms with Gasteiger partial charge in [0.2, 0.25) is 0 Å². The van der Waals surface area contributed by atoms with Crippen LogP contribution in [0.1, 0.15) is 56.7 Å². The van der Waals surface area contributed by atoms with E-state index in [4.69, 9.17) is 4.74 Å². The maximum Gasteiger partial charge on any atom is 0.191 e. The molecule has 0 aliphatic heterocycles. The van der Waals surface area contributed by atoms with Crippen molar-refractivity contribution in [2.45, 2.75) is 64.9 Å². The average Bonchev–Trinajstić information content (AvgIpc) is 2.89. The number of rotatable bonds is 8. The SMILES string of the molecule is CCNC(=NCCOC1CCCCCC1)NCCc1ccc(C)nc1.I. The minimum Gasteiger partial charge on any atom is -0.376 e. The lowest BCUT2D eigenvalue weighted by Crippen LogP contribution is -2.38. The quantitative estimate of drug-likeness (QED) is 0.198. The first-order valence-corrected chi connectivity index (χ1v) is 9.83. The summed E-state index contributed by atoms with van der Waals surface area (Å²) in [7, 11) is 0. The van der Waals surface area contributed by atoms with E-state index < -0.39 is 0 Å². The van der Waals surface area contributed by atoms with Crippen molar-refractivity contribution in [1.29, 1.82) is 0 Å². The van der Waals surface area contributed by atoms with Gasteiger partial charge in [0.25, 0.3) is 0 Å². The highest BCUT2D eigenvalue weighted by Crippen LogP contribution is 2.19. The molecule has 0 spiro atoms. The van der Waals surface area contributed by atoms with Crippen LogP contribution in [0.25, 0.3) is 0 Å². The standard InChI is InChI=1S/C20H34N4O.HI/c1-3-21-20(22-13-12-18-11-10-17(2)24-16-18)23-14-15-25-19-8-6-4-5-7-9-19;/h10-11,16,19H,3-9,12-15H2,1-2H3,(H2,21,22,23);1H. The average molecular weight is 474 g/mol. The van der Waals surface area contributed by atoms with Crippen molar-refractivity contribution in [1.82, 2.24) is 15.6 Å². The Morgan fingerprint density at radius 2 is 1.96 bits per heavy atom. The van der Waals surface area contributed by atoms with Crippen LogP contribution in [0.5, 0.6) is 0 Å². The normalized spacial score (nSPS) is 15.8. The van der Waals surface area contributed by atoms with E-state index in [0.29, 0.717) is 19.3 Å². The maximum atomic E-state index is 6.01. The van der Waals surface area contributed by atoms with Crippen LogP contribution in [0.2, 0.25) is 0 Å². The second-order valence-corrected chi connectivity index (χ2v) is 6.73. The Balaban J connectivity index is 0.00000338. The first-order valence-electron chi connectivity index (χ1n) is 9.83. The van der Waals surface area contributed by atoms with Gasteiger partial charge in [-0.05, 0) is 44.7 Å². The summed E-state index contributed by atoms with van der Waals surface area (Å²) in [4.78, 5) is 8.96. The number of aryl methyl sites for hydroxylation is 1. The molecule has 1 aliphatic carbocycles. The predicted molar refractivity (Wildman–Crippen MR) is 120 cm³/mol. The molecular formula is C20H35IN4O. The van der Waals surface area contributed by atoms with E-state index in [2.05, 4.69) is 39.7 Å². The third kappa shape index (κ3) is 9.71. The van der Waals surface area contributed by atoms with Crippen LogP contribution in [0.15, 0.2) is 23.3 Å². The molecule has 2 rings (SSSR count). The molecule has 0 bridgehead atoms. The number of pyridine rings is 1. The second kappa shape index (κ2) is 14.2. The minimum absolute atomic E-state index is 0. The lowest BCUT2D eigenvalue weighted by atomic mass is 10.1. The highest BCUT2D eigenvalue weighted by molar-refractivity contribution is 14.0. The monoisotopic (exact) mass is 474 g/mol. The Morgan fingerprint density at radius 1 is 1.19 bits per heavy atom. The predicted octanol–water partition coefficient (Wildman–Crippen LogP) is 3.85. The number of ether oxygens (including phenoxy) is 1. The third-order valence-corrected chi connectivity index (χ3v) is 4.54. The Labute approximate surface area is 175 Å². The molecule has 0 radical (unpaired) electrons. The van der Waals surface area contributed by atoms with E-state index >= 15 is 0 Å². The summed E-state index contributed by atoms with van der Waals surface area (Å²) < 4.78 is 6.01. The van der Waals surface area contributed by atoms with Gasteiger partial charge < -0.3 is 15.4 Å². The topological polar surface area (TPSA) is 58.5 Å². The van der Waals surface area contributed by atoms with Crippen molar-refractivity contribution in [3.05, 3.63) is 29.6 Å². The molecule has 1 saturated carbocycles. The van der Waals surface area contributed by atoms with E-state index in [1.807, 2.05) is 13.1 Å². The van der Waals surface area contributed by atoms with Crippen molar-refractivity contribution in [2.24, 2.45) is 4.99 Å². The van der Waals surface area contributed by atoms with Gasteiger partial charge in [-0.1, -0.05) is 31.7 Å². The molecule has 5 nitrogen and oxygen atoms in total. The number of nitrogens with one attached hydrogen (secondary N) is 2. The lowest BCUT2D eigenvalue weighted by Gasteiger charge is -2.15. The van der Waals surface area contributed by atoms with E-state index in [-0.39, 0.29) is 24.0 Å². The zero-order valence-electron chi connectivity index (χ0n) is 16.3. The van der Waals surface area contributed by atoms with Gasteiger partial charge in [0, 0.05) is 25.0 Å². The number of hydrogen-bond acceptors (Lipinski definition) is 3. The van der Waals surface area contributed by atoms with Gasteiger partial charge in [-0.15, -0.1) is 24.0 Å². The fourth-order valence-electron chi connectivity index (χ4n) is 3.10. The Hall–Kier alpha value is -0.890. The third-order valence-electron chi connectivity index (χ3n) is 4.54. The maximum absolute atomic E-state index is 6.01. The van der Waals surface area contributed by atoms with Crippen LogP contribution in [0.3, 0.4) is 0 Å². The van der Waals surface area contributed by atoms with Gasteiger partial charge in [0.05, 0.1) is 19.3 Å². The van der Waals surface area contributed by atoms with Gasteiger partial charge >= 0.3 is 0 Å². The molecule has 1 aromatic heterocycles. The number of aliphatic imine (C=N–C) groups is 1. The van der Waals surface area contributed by atoms with Crippen LogP contribution < -0.4 is 10.6 Å². The Bertz CT molecular complexity index is 499. The van der Waals surface area contributed by atoms with Gasteiger partial charge in [-0.25, -0.2) is 0 Å². The molecule has 148 valence electrons. The van der Waals surface area contributed by atoms with Crippen molar-refractivity contribution < 1.29 is 4.74 Å². The molecule has 1 aromatic rings. The molecule has 1 aliphatic rings. The summed E-state index contributed by atoms with van der Waals surface area (Å²) >= 11 is 0. The molecule has 1 fully saturated rings. The molecule has 6 heteroatoms. The summed E-state index contributed by atoms with van der Waals surface area (Å²) in [5.41, 5.74) is 2.30. The largest absolute Gasteiger partial charge is 0.376 e. The zero-order valence-corrected chi connectivity index (χ0v) is 18.6. The molecule has 0 amide bonds. The second-order valence-electron chi connectivity index (χ2n) is 6.73. The van der Waals surface area contributed by atoms with Crippen molar-refractivity contribution in [3.8, 4) is 0 Å². The highest BCUT2D eigenvalue weighted by Gasteiger charge is 2.11. The highest BCUT2D eigenvalue weighted by atomic mass is 127. The molecule has 0 aromatic carbocycles. The molecule has 0 atom stereocenters. The lowest BCUT2D eigenvalue weighted by molar-refractivity contribution is 0.0487. The Kier molecular flexibility index (Phi) is 12.6. The minimum atomic E-state index is 0. The van der Waals surface area contributed by atoms with E-state index in [0.717, 1.165) is 31.2 Å². The van der Waals surface area contributed by atoms with E-state index in [9.17, 15) is 0 Å². The number of nitrogens with zero attached hydrogens (tertiary/aromatic N) is 2. The van der Waals surface area contributed by atoms with Crippen LogP contribution >= 0.6 is 24.0 Å². The van der Waals surface area contributed by atoms with Crippen LogP contribution in [-0.2, 0) is 11.2 Å². The first-order chi connectivity index (χ1) is 12.3. The van der Waals surface area contributed by atoms with Crippen LogP contribution in [-0.4, -0.2) is 43.3 Å². The summed E-state index contributed by atoms with van der Waals surface area (Å²) in [5.74, 6) is 0.868. The number of hydrogen-bond donors (Lipinski definition) is 2. The Morgan fingerprint density at radius 3 is 2.62 bits per heavy atom. The smallest absolute Gasteiger partial charge is 0.191 e. The molecule has 0 unspecified atom stereocenters. The van der Waals surface area contributed by atoms with Crippen LogP contribution in [0.4, 0.5) is 0 Å². The van der Waals surface area contributed by atoms with E-state index in [1.165, 1.54) is 44.1 Å². The summed E-state index contributed by atoms with van der Waals surface area (Å²) in [6.45, 7) is 7.22. The molecule has 0 saturated heterocycles. The van der Waals surface area contributed by atoms with Gasteiger partial charge in [-0.2, -0.15) is 0 Å². The van der Waals surface area contributed by atoms with Crippen molar-refractivity contribution >= 4 is 29.9 Å². The summed E-state index contributed by atoms with van der Waals surface area (Å²) in [6.07, 6.45) is 11.1. The zero-order chi connectivity index (χ0) is 17.7. The first kappa shape index (κ1) is 23.1. The fraction of sp³-hybridized carbons (Fsp3) is 0.700. The van der Waals surface area contributed by atoms with Gasteiger partial charge in [-0.3, -0.25) is 9.98 Å². The number of aromatic nitrogens is 1. The molecule has 2 N–H and O–H groups in total. The number of halogens is 1. The molecule has 26 heavy (non-hydrogen) atoms. The molecule has 1 heterocycles. The van der Waals surface area contributed by atoms with Gasteiger partial charge in [0.1, 0.15) is 0 Å². The van der Waals surface area contributed by atoms with E-state index in [1.54, 1.807) is 0 Å². The van der Waals surface area contributed by atoms with Gasteiger partial charge in [0.15, 0.2) is 5.96 Å². The fourth-order valence-corrected chi connectivity index (χ4v) is 3.10. The molecular weight excluding hydrogens is 439 g/mol. The van der Waals surface area contributed by atoms with Crippen molar-refractivity contribution in [2.75, 3.05) is 26.2 Å².